The highest BCUT2D eigenvalue weighted by atomic mass is 16.5. The van der Waals surface area contributed by atoms with Crippen molar-refractivity contribution in [2.45, 2.75) is 64.1 Å². The fraction of sp³-hybridized carbons (Fsp3) is 0.929. The Balaban J connectivity index is 1.81. The molecule has 3 atom stereocenters. The Bertz CT molecular complexity index is 277. The van der Waals surface area contributed by atoms with Crippen molar-refractivity contribution in [3.05, 3.63) is 0 Å². The summed E-state index contributed by atoms with van der Waals surface area (Å²) in [6.45, 7) is 5.56. The molecule has 0 bridgehead atoms. The third kappa shape index (κ3) is 3.45. The molecule has 1 aliphatic heterocycles. The van der Waals surface area contributed by atoms with E-state index in [4.69, 9.17) is 4.74 Å². The number of nitrogens with one attached hydrogen (secondary N) is 2. The Labute approximate surface area is 110 Å². The second-order valence-electron chi connectivity index (χ2n) is 5.70. The molecule has 1 saturated carbocycles. The van der Waals surface area contributed by atoms with Gasteiger partial charge >= 0.3 is 0 Å². The summed E-state index contributed by atoms with van der Waals surface area (Å²) >= 11 is 0. The van der Waals surface area contributed by atoms with Gasteiger partial charge in [0.2, 0.25) is 5.91 Å². The molecule has 2 aliphatic rings. The van der Waals surface area contributed by atoms with Gasteiger partial charge in [-0.2, -0.15) is 0 Å². The van der Waals surface area contributed by atoms with Gasteiger partial charge in [-0.1, -0.05) is 19.3 Å². The maximum Gasteiger partial charge on any atom is 0.240 e. The Morgan fingerprint density at radius 2 is 2.06 bits per heavy atom. The maximum atomic E-state index is 12.2. The highest BCUT2D eigenvalue weighted by Gasteiger charge is 2.30. The molecular weight excluding hydrogens is 228 g/mol. The summed E-state index contributed by atoms with van der Waals surface area (Å²) in [5.41, 5.74) is 0. The second-order valence-corrected chi connectivity index (χ2v) is 5.70. The number of hydrogen-bond acceptors (Lipinski definition) is 3. The Morgan fingerprint density at radius 1 is 1.33 bits per heavy atom. The third-order valence-corrected chi connectivity index (χ3v) is 4.33. The van der Waals surface area contributed by atoms with Crippen molar-refractivity contribution >= 4 is 5.91 Å². The molecule has 0 aromatic rings. The van der Waals surface area contributed by atoms with E-state index < -0.39 is 0 Å². The molecule has 1 unspecified atom stereocenters. The molecule has 0 aromatic heterocycles. The van der Waals surface area contributed by atoms with E-state index in [-0.39, 0.29) is 24.1 Å². The number of rotatable bonds is 3. The molecule has 0 radical (unpaired) electrons. The van der Waals surface area contributed by atoms with Crippen LogP contribution < -0.4 is 10.6 Å². The van der Waals surface area contributed by atoms with Gasteiger partial charge in [0.1, 0.15) is 6.04 Å². The molecular formula is C14H26N2O2. The predicted molar refractivity (Wildman–Crippen MR) is 71.4 cm³/mol. The second kappa shape index (κ2) is 6.53. The van der Waals surface area contributed by atoms with Crippen molar-refractivity contribution in [1.82, 2.24) is 10.6 Å². The number of amides is 1. The fourth-order valence-electron chi connectivity index (χ4n) is 3.09. The Hall–Kier alpha value is -0.610. The lowest BCUT2D eigenvalue weighted by molar-refractivity contribution is -0.130. The van der Waals surface area contributed by atoms with Gasteiger partial charge in [0.05, 0.1) is 12.7 Å². The van der Waals surface area contributed by atoms with E-state index in [0.29, 0.717) is 12.5 Å². The lowest BCUT2D eigenvalue weighted by atomic mass is 9.84. The maximum absolute atomic E-state index is 12.2. The number of ether oxygens (including phenoxy) is 1. The van der Waals surface area contributed by atoms with Crippen molar-refractivity contribution in [2.75, 3.05) is 13.2 Å². The minimum absolute atomic E-state index is 0.0303. The SMILES string of the molecule is CC(NC(=O)[C@H]1NCCO[C@@H]1C)C1CCCCC1. The quantitative estimate of drug-likeness (QED) is 0.801. The van der Waals surface area contributed by atoms with Gasteiger partial charge in [0, 0.05) is 12.6 Å². The lowest BCUT2D eigenvalue weighted by Crippen LogP contribution is -2.57. The summed E-state index contributed by atoms with van der Waals surface area (Å²) in [5, 5.41) is 6.41. The summed E-state index contributed by atoms with van der Waals surface area (Å²) in [5.74, 6) is 0.753. The summed E-state index contributed by atoms with van der Waals surface area (Å²) in [4.78, 5) is 12.2. The molecule has 104 valence electrons. The van der Waals surface area contributed by atoms with Gasteiger partial charge in [-0.15, -0.1) is 0 Å². The molecule has 1 heterocycles. The molecule has 0 spiro atoms. The first kappa shape index (κ1) is 13.8. The molecule has 2 fully saturated rings. The van der Waals surface area contributed by atoms with Crippen LogP contribution in [-0.4, -0.2) is 37.2 Å². The summed E-state index contributed by atoms with van der Waals surface area (Å²) < 4.78 is 5.52. The first-order valence-corrected chi connectivity index (χ1v) is 7.34. The van der Waals surface area contributed by atoms with Crippen molar-refractivity contribution in [2.24, 2.45) is 5.92 Å². The molecule has 2 rings (SSSR count). The Kier molecular flexibility index (Phi) is 5.01. The van der Waals surface area contributed by atoms with E-state index in [9.17, 15) is 4.79 Å². The molecule has 2 N–H and O–H groups in total. The average Bonchev–Trinajstić information content (AvgIpc) is 2.40. The van der Waals surface area contributed by atoms with Gasteiger partial charge in [-0.3, -0.25) is 4.79 Å². The lowest BCUT2D eigenvalue weighted by Gasteiger charge is -2.33. The fourth-order valence-corrected chi connectivity index (χ4v) is 3.09. The minimum atomic E-state index is -0.190. The molecule has 1 aliphatic carbocycles. The van der Waals surface area contributed by atoms with Crippen LogP contribution in [0.2, 0.25) is 0 Å². The monoisotopic (exact) mass is 254 g/mol. The van der Waals surface area contributed by atoms with E-state index in [0.717, 1.165) is 6.54 Å². The number of carbonyl (C=O) groups is 1. The van der Waals surface area contributed by atoms with E-state index in [2.05, 4.69) is 17.6 Å². The van der Waals surface area contributed by atoms with E-state index in [1.165, 1.54) is 32.1 Å². The zero-order valence-corrected chi connectivity index (χ0v) is 11.6. The van der Waals surface area contributed by atoms with Crippen molar-refractivity contribution in [3.8, 4) is 0 Å². The van der Waals surface area contributed by atoms with Gasteiger partial charge in [-0.25, -0.2) is 0 Å². The first-order chi connectivity index (χ1) is 8.68. The highest BCUT2D eigenvalue weighted by Crippen LogP contribution is 2.26. The van der Waals surface area contributed by atoms with Crippen LogP contribution in [0.25, 0.3) is 0 Å². The third-order valence-electron chi connectivity index (χ3n) is 4.33. The van der Waals surface area contributed by atoms with E-state index >= 15 is 0 Å². The van der Waals surface area contributed by atoms with Gasteiger partial charge in [0.15, 0.2) is 0 Å². The predicted octanol–water partition coefficient (Wildman–Crippen LogP) is 1.45. The molecule has 1 amide bonds. The summed E-state index contributed by atoms with van der Waals surface area (Å²) in [6, 6.07) is 0.0958. The van der Waals surface area contributed by atoms with Crippen molar-refractivity contribution < 1.29 is 9.53 Å². The Morgan fingerprint density at radius 3 is 2.72 bits per heavy atom. The average molecular weight is 254 g/mol. The number of carbonyl (C=O) groups excluding carboxylic acids is 1. The molecule has 1 saturated heterocycles. The first-order valence-electron chi connectivity index (χ1n) is 7.34. The summed E-state index contributed by atoms with van der Waals surface area (Å²) in [6.07, 6.45) is 6.46. The van der Waals surface area contributed by atoms with Crippen molar-refractivity contribution in [1.29, 1.82) is 0 Å². The van der Waals surface area contributed by atoms with Crippen LogP contribution in [0.1, 0.15) is 46.0 Å². The van der Waals surface area contributed by atoms with Crippen LogP contribution in [0, 0.1) is 5.92 Å². The van der Waals surface area contributed by atoms with Crippen LogP contribution in [0.5, 0.6) is 0 Å². The topological polar surface area (TPSA) is 50.4 Å². The van der Waals surface area contributed by atoms with Gasteiger partial charge < -0.3 is 15.4 Å². The van der Waals surface area contributed by atoms with Crippen LogP contribution in [-0.2, 0) is 9.53 Å². The minimum Gasteiger partial charge on any atom is -0.375 e. The van der Waals surface area contributed by atoms with E-state index in [1.807, 2.05) is 6.92 Å². The zero-order valence-electron chi connectivity index (χ0n) is 11.6. The zero-order chi connectivity index (χ0) is 13.0. The van der Waals surface area contributed by atoms with Gasteiger partial charge in [0.25, 0.3) is 0 Å². The van der Waals surface area contributed by atoms with Crippen LogP contribution >= 0.6 is 0 Å². The molecule has 0 aromatic carbocycles. The van der Waals surface area contributed by atoms with E-state index in [1.54, 1.807) is 0 Å². The van der Waals surface area contributed by atoms with Crippen LogP contribution in [0.3, 0.4) is 0 Å². The molecule has 18 heavy (non-hydrogen) atoms. The normalized spacial score (nSPS) is 31.9. The highest BCUT2D eigenvalue weighted by molar-refractivity contribution is 5.82. The molecule has 4 nitrogen and oxygen atoms in total. The van der Waals surface area contributed by atoms with Crippen LogP contribution in [0.4, 0.5) is 0 Å². The van der Waals surface area contributed by atoms with Crippen molar-refractivity contribution in [3.63, 3.8) is 0 Å². The summed E-state index contributed by atoms with van der Waals surface area (Å²) in [7, 11) is 0. The van der Waals surface area contributed by atoms with Crippen LogP contribution in [0.15, 0.2) is 0 Å². The number of hydrogen-bond donors (Lipinski definition) is 2. The van der Waals surface area contributed by atoms with Gasteiger partial charge in [-0.05, 0) is 32.6 Å². The smallest absolute Gasteiger partial charge is 0.240 e. The number of morpholine rings is 1. The standard InChI is InChI=1S/C14H26N2O2/c1-10(12-6-4-3-5-7-12)16-14(17)13-11(2)18-9-8-15-13/h10-13,15H,3-9H2,1-2H3,(H,16,17)/t10?,11-,13+/m1/s1. The largest absolute Gasteiger partial charge is 0.375 e. The molecule has 4 heteroatoms.